The molecule has 0 amide bonds. The molecular formula is C10H21NO. The van der Waals surface area contributed by atoms with E-state index in [0.29, 0.717) is 0 Å². The molecule has 0 atom stereocenters. The molecule has 0 aliphatic heterocycles. The summed E-state index contributed by atoms with van der Waals surface area (Å²) in [6.45, 7) is 4.69. The first kappa shape index (κ1) is 10.0. The topological polar surface area (TPSA) is 46.2 Å². The molecule has 0 spiro atoms. The van der Waals surface area contributed by atoms with E-state index < -0.39 is 0 Å². The van der Waals surface area contributed by atoms with E-state index in [9.17, 15) is 0 Å². The number of rotatable bonds is 2. The predicted molar refractivity (Wildman–Crippen MR) is 50.8 cm³/mol. The van der Waals surface area contributed by atoms with Crippen molar-refractivity contribution in [3.05, 3.63) is 0 Å². The lowest BCUT2D eigenvalue weighted by Gasteiger charge is -2.37. The maximum Gasteiger partial charge on any atom is 0.0611 e. The van der Waals surface area contributed by atoms with E-state index in [4.69, 9.17) is 10.8 Å². The Morgan fingerprint density at radius 3 is 2.25 bits per heavy atom. The summed E-state index contributed by atoms with van der Waals surface area (Å²) < 4.78 is 0. The highest BCUT2D eigenvalue weighted by Crippen LogP contribution is 2.33. The van der Waals surface area contributed by atoms with Crippen molar-refractivity contribution >= 4 is 0 Å². The van der Waals surface area contributed by atoms with Gasteiger partial charge in [-0.1, -0.05) is 13.8 Å². The Labute approximate surface area is 75.2 Å². The lowest BCUT2D eigenvalue weighted by atomic mass is 9.74. The number of hydrogen-bond acceptors (Lipinski definition) is 2. The molecule has 2 heteroatoms. The molecule has 2 nitrogen and oxygen atoms in total. The van der Waals surface area contributed by atoms with Crippen LogP contribution in [0.1, 0.15) is 39.5 Å². The molecule has 0 bridgehead atoms. The van der Waals surface area contributed by atoms with E-state index in [1.807, 2.05) is 0 Å². The minimum absolute atomic E-state index is 0.151. The molecule has 1 saturated carbocycles. The van der Waals surface area contributed by atoms with Crippen molar-refractivity contribution in [1.29, 1.82) is 0 Å². The Morgan fingerprint density at radius 2 is 1.92 bits per heavy atom. The predicted octanol–water partition coefficient (Wildman–Crippen LogP) is 1.52. The highest BCUT2D eigenvalue weighted by Gasteiger charge is 2.31. The zero-order valence-electron chi connectivity index (χ0n) is 8.21. The molecule has 0 heterocycles. The van der Waals surface area contributed by atoms with Gasteiger partial charge in [0.15, 0.2) is 0 Å². The fourth-order valence-electron chi connectivity index (χ4n) is 2.04. The number of aliphatic hydroxyl groups excluding tert-OH is 1. The Morgan fingerprint density at radius 1 is 1.42 bits per heavy atom. The van der Waals surface area contributed by atoms with Crippen molar-refractivity contribution in [2.75, 3.05) is 6.61 Å². The van der Waals surface area contributed by atoms with Gasteiger partial charge in [0.1, 0.15) is 0 Å². The van der Waals surface area contributed by atoms with Crippen LogP contribution in [-0.2, 0) is 0 Å². The normalized spacial score (nSPS) is 37.2. The minimum atomic E-state index is -0.259. The fourth-order valence-corrected chi connectivity index (χ4v) is 2.04. The fraction of sp³-hybridized carbons (Fsp3) is 1.00. The molecule has 0 aromatic carbocycles. The molecule has 1 fully saturated rings. The summed E-state index contributed by atoms with van der Waals surface area (Å²) in [6, 6.07) is 0. The van der Waals surface area contributed by atoms with Crippen LogP contribution in [0, 0.1) is 11.8 Å². The molecule has 1 aliphatic carbocycles. The third kappa shape index (κ3) is 2.20. The molecule has 3 N–H and O–H groups in total. The number of nitrogens with two attached hydrogens (primary N) is 1. The van der Waals surface area contributed by atoms with Gasteiger partial charge in [-0.2, -0.15) is 0 Å². The molecule has 0 aromatic rings. The largest absolute Gasteiger partial charge is 0.394 e. The van der Waals surface area contributed by atoms with Crippen LogP contribution >= 0.6 is 0 Å². The maximum atomic E-state index is 9.05. The Bertz CT molecular complexity index is 137. The van der Waals surface area contributed by atoms with Crippen LogP contribution in [-0.4, -0.2) is 17.3 Å². The zero-order valence-corrected chi connectivity index (χ0v) is 8.21. The third-order valence-corrected chi connectivity index (χ3v) is 3.28. The zero-order chi connectivity index (χ0) is 9.19. The van der Waals surface area contributed by atoms with Crippen molar-refractivity contribution < 1.29 is 5.11 Å². The van der Waals surface area contributed by atoms with Crippen LogP contribution in [0.2, 0.25) is 0 Å². The van der Waals surface area contributed by atoms with Gasteiger partial charge >= 0.3 is 0 Å². The molecule has 0 radical (unpaired) electrons. The first-order chi connectivity index (χ1) is 5.57. The average Bonchev–Trinajstić information content (AvgIpc) is 2.05. The van der Waals surface area contributed by atoms with Gasteiger partial charge in [0.2, 0.25) is 0 Å². The second-order valence-corrected chi connectivity index (χ2v) is 4.60. The van der Waals surface area contributed by atoms with Crippen molar-refractivity contribution in [2.24, 2.45) is 17.6 Å². The van der Waals surface area contributed by atoms with Crippen LogP contribution < -0.4 is 5.73 Å². The quantitative estimate of drug-likeness (QED) is 0.661. The summed E-state index contributed by atoms with van der Waals surface area (Å²) >= 11 is 0. The van der Waals surface area contributed by atoms with Gasteiger partial charge in [0, 0.05) is 5.54 Å². The summed E-state index contributed by atoms with van der Waals surface area (Å²) in [7, 11) is 0. The van der Waals surface area contributed by atoms with E-state index >= 15 is 0 Å². The smallest absolute Gasteiger partial charge is 0.0611 e. The molecule has 1 aliphatic rings. The van der Waals surface area contributed by atoms with Gasteiger partial charge in [0.05, 0.1) is 6.61 Å². The summed E-state index contributed by atoms with van der Waals surface area (Å²) in [5.41, 5.74) is 5.71. The van der Waals surface area contributed by atoms with Crippen molar-refractivity contribution in [2.45, 2.75) is 45.1 Å². The average molecular weight is 171 g/mol. The van der Waals surface area contributed by atoms with Crippen LogP contribution in [0.5, 0.6) is 0 Å². The Kier molecular flexibility index (Phi) is 3.13. The summed E-state index contributed by atoms with van der Waals surface area (Å²) in [5, 5.41) is 9.05. The molecule has 0 unspecified atom stereocenters. The first-order valence-corrected chi connectivity index (χ1v) is 4.97. The van der Waals surface area contributed by atoms with Crippen LogP contribution in [0.15, 0.2) is 0 Å². The standard InChI is InChI=1S/C10H21NO/c1-8(2)9-3-5-10(11,7-12)6-4-9/h8-9,12H,3-7,11H2,1-2H3. The molecule has 0 aromatic heterocycles. The summed E-state index contributed by atoms with van der Waals surface area (Å²) in [5.74, 6) is 1.60. The summed E-state index contributed by atoms with van der Waals surface area (Å²) in [6.07, 6.45) is 4.36. The molecule has 0 saturated heterocycles. The van der Waals surface area contributed by atoms with E-state index in [1.54, 1.807) is 0 Å². The lowest BCUT2D eigenvalue weighted by Crippen LogP contribution is -2.47. The van der Waals surface area contributed by atoms with Gasteiger partial charge in [0.25, 0.3) is 0 Å². The van der Waals surface area contributed by atoms with Crippen molar-refractivity contribution in [1.82, 2.24) is 0 Å². The van der Waals surface area contributed by atoms with Gasteiger partial charge < -0.3 is 10.8 Å². The Balaban J connectivity index is 2.39. The molecule has 1 rings (SSSR count). The first-order valence-electron chi connectivity index (χ1n) is 4.97. The van der Waals surface area contributed by atoms with Crippen LogP contribution in [0.4, 0.5) is 0 Å². The van der Waals surface area contributed by atoms with Gasteiger partial charge in [-0.15, -0.1) is 0 Å². The van der Waals surface area contributed by atoms with Gasteiger partial charge in [-0.05, 0) is 37.5 Å². The Hall–Kier alpha value is -0.0800. The molecule has 12 heavy (non-hydrogen) atoms. The number of aliphatic hydroxyl groups is 1. The highest BCUT2D eigenvalue weighted by molar-refractivity contribution is 4.89. The van der Waals surface area contributed by atoms with Crippen LogP contribution in [0.3, 0.4) is 0 Å². The molecular weight excluding hydrogens is 150 g/mol. The lowest BCUT2D eigenvalue weighted by molar-refractivity contribution is 0.122. The third-order valence-electron chi connectivity index (χ3n) is 3.28. The highest BCUT2D eigenvalue weighted by atomic mass is 16.3. The van der Waals surface area contributed by atoms with Gasteiger partial charge in [-0.3, -0.25) is 0 Å². The monoisotopic (exact) mass is 171 g/mol. The van der Waals surface area contributed by atoms with Crippen molar-refractivity contribution in [3.8, 4) is 0 Å². The van der Waals surface area contributed by atoms with Gasteiger partial charge in [-0.25, -0.2) is 0 Å². The van der Waals surface area contributed by atoms with E-state index in [-0.39, 0.29) is 12.1 Å². The minimum Gasteiger partial charge on any atom is -0.394 e. The second-order valence-electron chi connectivity index (χ2n) is 4.60. The van der Waals surface area contributed by atoms with Crippen molar-refractivity contribution in [3.63, 3.8) is 0 Å². The number of hydrogen-bond donors (Lipinski definition) is 2. The molecule has 72 valence electrons. The van der Waals surface area contributed by atoms with Crippen LogP contribution in [0.25, 0.3) is 0 Å². The maximum absolute atomic E-state index is 9.05. The van der Waals surface area contributed by atoms with E-state index in [1.165, 1.54) is 12.8 Å². The SMILES string of the molecule is CC(C)C1CCC(N)(CO)CC1. The van der Waals surface area contributed by atoms with E-state index in [2.05, 4.69) is 13.8 Å². The van der Waals surface area contributed by atoms with E-state index in [0.717, 1.165) is 24.7 Å². The second kappa shape index (κ2) is 3.75. The summed E-state index contributed by atoms with van der Waals surface area (Å²) in [4.78, 5) is 0.